The Morgan fingerprint density at radius 1 is 0.548 bits per heavy atom. The van der Waals surface area contributed by atoms with Gasteiger partial charge in [0, 0.05) is 10.8 Å². The lowest BCUT2D eigenvalue weighted by Crippen LogP contribution is -2.28. The summed E-state index contributed by atoms with van der Waals surface area (Å²) in [5, 5.41) is -7.64. The van der Waals surface area contributed by atoms with Crippen molar-refractivity contribution in [3.63, 3.8) is 0 Å². The molecule has 3 rings (SSSR count). The van der Waals surface area contributed by atoms with Gasteiger partial charge in [0.15, 0.2) is 46.5 Å². The first-order chi connectivity index (χ1) is 14.4. The first kappa shape index (κ1) is 23.3. The minimum absolute atomic E-state index is 0.101. The van der Waals surface area contributed by atoms with Crippen LogP contribution in [-0.2, 0) is 5.31 Å². The van der Waals surface area contributed by atoms with Crippen molar-refractivity contribution in [1.29, 1.82) is 0 Å². The first-order valence-corrected chi connectivity index (χ1v) is 9.36. The highest BCUT2D eigenvalue weighted by Crippen LogP contribution is 2.46. The molecule has 0 aliphatic rings. The van der Waals surface area contributed by atoms with Gasteiger partial charge in [0.25, 0.3) is 0 Å². The molecule has 0 saturated carbocycles. The van der Waals surface area contributed by atoms with E-state index in [-0.39, 0.29) is 12.8 Å². The van der Waals surface area contributed by atoms with Crippen LogP contribution in [0.4, 0.5) is 39.5 Å². The molecule has 31 heavy (non-hydrogen) atoms. The quantitative estimate of drug-likeness (QED) is 0.127. The molecule has 0 aliphatic carbocycles. The van der Waals surface area contributed by atoms with Crippen molar-refractivity contribution in [2.45, 2.75) is 44.8 Å². The Labute approximate surface area is 172 Å². The van der Waals surface area contributed by atoms with E-state index in [1.54, 1.807) is 6.92 Å². The third-order valence-corrected chi connectivity index (χ3v) is 5.58. The number of halogens is 9. The molecule has 3 aromatic carbocycles. The molecule has 2 radical (unpaired) electrons. The summed E-state index contributed by atoms with van der Waals surface area (Å²) in [7, 11) is 6.27. The molecule has 0 saturated heterocycles. The minimum atomic E-state index is -2.41. The van der Waals surface area contributed by atoms with Crippen LogP contribution in [0, 0.1) is 52.4 Å². The van der Waals surface area contributed by atoms with Crippen molar-refractivity contribution in [2.24, 2.45) is 0 Å². The van der Waals surface area contributed by atoms with Gasteiger partial charge < -0.3 is 0 Å². The Balaban J connectivity index is 2.81. The second-order valence-corrected chi connectivity index (χ2v) is 7.31. The molecule has 0 aliphatic heterocycles. The van der Waals surface area contributed by atoms with Crippen LogP contribution >= 0.6 is 0 Å². The Morgan fingerprint density at radius 2 is 0.903 bits per heavy atom. The highest BCUT2D eigenvalue weighted by atomic mass is 19.2. The third-order valence-electron chi connectivity index (χ3n) is 5.58. The molecule has 1 unspecified atom stereocenters. The van der Waals surface area contributed by atoms with Gasteiger partial charge in [-0.1, -0.05) is 39.5 Å². The van der Waals surface area contributed by atoms with E-state index in [4.69, 9.17) is 7.85 Å². The molecule has 1 atom stereocenters. The normalized spacial score (nSPS) is 13.9. The lowest BCUT2D eigenvalue weighted by molar-refractivity contribution is 0.410. The van der Waals surface area contributed by atoms with Crippen LogP contribution in [0.5, 0.6) is 0 Å². The second-order valence-electron chi connectivity index (χ2n) is 7.31. The van der Waals surface area contributed by atoms with Crippen LogP contribution in [0.2, 0.25) is 0 Å². The van der Waals surface area contributed by atoms with E-state index in [1.165, 1.54) is 6.92 Å². The Kier molecular flexibility index (Phi) is 5.97. The molecule has 0 heterocycles. The van der Waals surface area contributed by atoms with Crippen LogP contribution in [0.1, 0.15) is 45.1 Å². The fourth-order valence-electron chi connectivity index (χ4n) is 3.86. The van der Waals surface area contributed by atoms with Crippen LogP contribution in [0.15, 0.2) is 0 Å². The number of hydrogen-bond donors (Lipinski definition) is 0. The molecule has 0 spiro atoms. The largest absolute Gasteiger partial charge is 0.205 e. The maximum Gasteiger partial charge on any atom is 0.198 e. The molecular formula is C21H14BF9. The molecule has 0 nitrogen and oxygen atoms in total. The van der Waals surface area contributed by atoms with Crippen molar-refractivity contribution in [3.8, 4) is 0 Å². The van der Waals surface area contributed by atoms with E-state index in [0.29, 0.717) is 12.8 Å². The van der Waals surface area contributed by atoms with E-state index < -0.39 is 84.8 Å². The van der Waals surface area contributed by atoms with Gasteiger partial charge in [-0.15, -0.1) is 0 Å². The zero-order valence-corrected chi connectivity index (χ0v) is 16.3. The molecule has 0 N–H and O–H groups in total. The van der Waals surface area contributed by atoms with Gasteiger partial charge in [-0.2, -0.15) is 0 Å². The smallest absolute Gasteiger partial charge is 0.198 e. The fourth-order valence-corrected chi connectivity index (χ4v) is 3.86. The summed E-state index contributed by atoms with van der Waals surface area (Å²) in [4.78, 5) is 0. The van der Waals surface area contributed by atoms with Crippen molar-refractivity contribution in [2.75, 3.05) is 0 Å². The highest BCUT2D eigenvalue weighted by molar-refractivity contribution is 6.20. The topological polar surface area (TPSA) is 0 Å². The summed E-state index contributed by atoms with van der Waals surface area (Å²) in [6.45, 7) is 3.14. The summed E-state index contributed by atoms with van der Waals surface area (Å²) in [6.07, 6.45) is 0.515. The zero-order valence-electron chi connectivity index (χ0n) is 16.3. The van der Waals surface area contributed by atoms with Gasteiger partial charge in [0.1, 0.15) is 5.82 Å². The van der Waals surface area contributed by atoms with Gasteiger partial charge in [0.05, 0.1) is 18.6 Å². The summed E-state index contributed by atoms with van der Waals surface area (Å²) in [5.41, 5.74) is -0.875. The van der Waals surface area contributed by atoms with Gasteiger partial charge in [-0.25, -0.2) is 39.5 Å². The fraction of sp³-hybridized carbons (Fsp3) is 0.333. The molecule has 0 fully saturated rings. The van der Waals surface area contributed by atoms with Gasteiger partial charge >= 0.3 is 0 Å². The monoisotopic (exact) mass is 448 g/mol. The van der Waals surface area contributed by atoms with Crippen molar-refractivity contribution < 1.29 is 39.5 Å². The molecular weight excluding hydrogens is 434 g/mol. The lowest BCUT2D eigenvalue weighted by Gasteiger charge is -2.33. The Bertz CT molecular complexity index is 1140. The van der Waals surface area contributed by atoms with Crippen LogP contribution < -0.4 is 0 Å². The highest BCUT2D eigenvalue weighted by Gasteiger charge is 2.38. The van der Waals surface area contributed by atoms with Crippen LogP contribution in [0.3, 0.4) is 0 Å². The average molecular weight is 448 g/mol. The predicted octanol–water partition coefficient (Wildman–Crippen LogP) is 7.21. The standard InChI is InChI=1S/C21H14BF9/c1-3-5-6-21(22,4-2)11-7-9(15(26)19(30)17(28)13(7)24)12(23)10-8(11)14(25)18(29)20(31)16(10)27/h3-6H2,1-2H3. The van der Waals surface area contributed by atoms with Crippen LogP contribution in [-0.4, -0.2) is 7.85 Å². The Morgan fingerprint density at radius 3 is 1.23 bits per heavy atom. The third kappa shape index (κ3) is 3.17. The van der Waals surface area contributed by atoms with Crippen LogP contribution in [0.25, 0.3) is 21.5 Å². The molecule has 0 aromatic heterocycles. The van der Waals surface area contributed by atoms with E-state index >= 15 is 4.39 Å². The summed E-state index contributed by atoms with van der Waals surface area (Å²) in [5.74, 6) is -20.3. The van der Waals surface area contributed by atoms with Crippen molar-refractivity contribution >= 4 is 29.4 Å². The average Bonchev–Trinajstić information content (AvgIpc) is 2.75. The number of unbranched alkanes of at least 4 members (excludes halogenated alkanes) is 1. The number of hydrogen-bond acceptors (Lipinski definition) is 0. The summed E-state index contributed by atoms with van der Waals surface area (Å²) >= 11 is 0. The first-order valence-electron chi connectivity index (χ1n) is 9.36. The molecule has 3 aromatic rings. The summed E-state index contributed by atoms with van der Waals surface area (Å²) in [6, 6.07) is 0. The lowest BCUT2D eigenvalue weighted by atomic mass is 9.58. The van der Waals surface area contributed by atoms with Crippen molar-refractivity contribution in [1.82, 2.24) is 0 Å². The SMILES string of the molecule is [B]C(CC)(CCCC)c1c2c(F)c(F)c(F)c(F)c2c(F)c2c(F)c(F)c(F)c(F)c12. The molecule has 10 heteroatoms. The predicted molar refractivity (Wildman–Crippen MR) is 98.3 cm³/mol. The molecule has 0 bridgehead atoms. The van der Waals surface area contributed by atoms with Gasteiger partial charge in [-0.05, 0) is 10.9 Å². The maximum absolute atomic E-state index is 15.1. The maximum atomic E-state index is 15.1. The van der Waals surface area contributed by atoms with Gasteiger partial charge in [0.2, 0.25) is 0 Å². The van der Waals surface area contributed by atoms with E-state index in [2.05, 4.69) is 0 Å². The second kappa shape index (κ2) is 7.95. The molecule has 164 valence electrons. The van der Waals surface area contributed by atoms with Gasteiger partial charge in [-0.3, -0.25) is 0 Å². The summed E-state index contributed by atoms with van der Waals surface area (Å²) < 4.78 is 130. The van der Waals surface area contributed by atoms with E-state index in [0.717, 1.165) is 0 Å². The zero-order chi connectivity index (χ0) is 23.4. The molecule has 0 amide bonds. The minimum Gasteiger partial charge on any atom is -0.205 e. The number of benzene rings is 3. The van der Waals surface area contributed by atoms with Crippen molar-refractivity contribution in [3.05, 3.63) is 57.9 Å². The van der Waals surface area contributed by atoms with E-state index in [9.17, 15) is 35.1 Å². The Hall–Kier alpha value is -2.39. The number of fused-ring (bicyclic) bond motifs is 2. The van der Waals surface area contributed by atoms with E-state index in [1.807, 2.05) is 0 Å². The number of rotatable bonds is 5.